The fraction of sp³-hybridized carbons (Fsp3) is 0.750. The van der Waals surface area contributed by atoms with Gasteiger partial charge in [-0.15, -0.1) is 0 Å². The standard InChI is InChI=1S/C24H41N5O2/c1-5-7-19(8-6-2)16-28-13-14-29(17-28)23-12-11-21(18(3)27(23)4)26-22-10-9-20(30)15-25-24(22)31/h11-12,18-19,22,26H,5-10,13-17H2,1-4H3,(H,25,31). The van der Waals surface area contributed by atoms with Crippen molar-refractivity contribution in [1.29, 1.82) is 0 Å². The summed E-state index contributed by atoms with van der Waals surface area (Å²) in [5.74, 6) is 2.06. The maximum Gasteiger partial charge on any atom is 0.242 e. The van der Waals surface area contributed by atoms with Gasteiger partial charge < -0.3 is 20.4 Å². The number of allylic oxidation sites excluding steroid dienone is 2. The molecule has 0 aromatic heterocycles. The largest absolute Gasteiger partial charge is 0.375 e. The van der Waals surface area contributed by atoms with Gasteiger partial charge in [0, 0.05) is 38.8 Å². The maximum atomic E-state index is 12.3. The van der Waals surface area contributed by atoms with Crippen molar-refractivity contribution in [2.45, 2.75) is 71.4 Å². The lowest BCUT2D eigenvalue weighted by molar-refractivity contribution is -0.124. The average Bonchev–Trinajstić information content (AvgIpc) is 3.14. The SMILES string of the molecule is CCCC(CCC)CN1CCN(C2=CC=C(NC3CCC(=O)CNC3=O)C(C)N2C)C1. The van der Waals surface area contributed by atoms with Crippen LogP contribution in [0.2, 0.25) is 0 Å². The van der Waals surface area contributed by atoms with E-state index in [1.54, 1.807) is 0 Å². The van der Waals surface area contributed by atoms with E-state index >= 15 is 0 Å². The molecule has 0 bridgehead atoms. The lowest BCUT2D eigenvalue weighted by Gasteiger charge is -2.39. The van der Waals surface area contributed by atoms with Gasteiger partial charge in [0.1, 0.15) is 11.9 Å². The van der Waals surface area contributed by atoms with Gasteiger partial charge in [-0.05, 0) is 44.3 Å². The number of carbonyl (C=O) groups excluding carboxylic acids is 2. The molecule has 7 nitrogen and oxygen atoms in total. The van der Waals surface area contributed by atoms with Crippen molar-refractivity contribution in [3.63, 3.8) is 0 Å². The van der Waals surface area contributed by atoms with E-state index in [1.165, 1.54) is 38.0 Å². The highest BCUT2D eigenvalue weighted by atomic mass is 16.2. The molecule has 2 fully saturated rings. The number of likely N-dealkylation sites (N-methyl/N-ethyl adjacent to an activating group) is 1. The van der Waals surface area contributed by atoms with E-state index in [9.17, 15) is 9.59 Å². The molecule has 0 spiro atoms. The lowest BCUT2D eigenvalue weighted by Crippen LogP contribution is -2.48. The number of nitrogens with one attached hydrogen (secondary N) is 2. The molecule has 31 heavy (non-hydrogen) atoms. The molecule has 2 N–H and O–H groups in total. The lowest BCUT2D eigenvalue weighted by atomic mass is 9.98. The Hall–Kier alpha value is -2.02. The third-order valence-corrected chi connectivity index (χ3v) is 6.92. The van der Waals surface area contributed by atoms with Gasteiger partial charge in [-0.2, -0.15) is 0 Å². The molecule has 0 aromatic carbocycles. The Labute approximate surface area is 187 Å². The van der Waals surface area contributed by atoms with Gasteiger partial charge in [0.2, 0.25) is 5.91 Å². The zero-order chi connectivity index (χ0) is 22.4. The van der Waals surface area contributed by atoms with Crippen LogP contribution in [0.25, 0.3) is 0 Å². The van der Waals surface area contributed by atoms with E-state index in [2.05, 4.69) is 65.3 Å². The topological polar surface area (TPSA) is 67.9 Å². The van der Waals surface area contributed by atoms with Crippen molar-refractivity contribution in [1.82, 2.24) is 25.3 Å². The molecule has 3 aliphatic rings. The summed E-state index contributed by atoms with van der Waals surface area (Å²) in [6.07, 6.45) is 10.4. The van der Waals surface area contributed by atoms with E-state index < -0.39 is 0 Å². The minimum Gasteiger partial charge on any atom is -0.375 e. The minimum atomic E-state index is -0.347. The van der Waals surface area contributed by atoms with Crippen LogP contribution in [0, 0.1) is 5.92 Å². The summed E-state index contributed by atoms with van der Waals surface area (Å²) in [6, 6.07) is -0.200. The number of amides is 1. The first-order valence-corrected chi connectivity index (χ1v) is 12.1. The molecule has 0 radical (unpaired) electrons. The molecule has 0 saturated carbocycles. The van der Waals surface area contributed by atoms with E-state index in [-0.39, 0.29) is 30.3 Å². The third kappa shape index (κ3) is 6.03. The number of nitrogens with zero attached hydrogens (tertiary/aromatic N) is 3. The molecular weight excluding hydrogens is 390 g/mol. The summed E-state index contributed by atoms with van der Waals surface area (Å²) in [7, 11) is 2.13. The summed E-state index contributed by atoms with van der Waals surface area (Å²) >= 11 is 0. The highest BCUT2D eigenvalue weighted by molar-refractivity contribution is 5.91. The molecule has 0 aromatic rings. The van der Waals surface area contributed by atoms with Gasteiger partial charge in [-0.3, -0.25) is 14.5 Å². The van der Waals surface area contributed by atoms with Crippen LogP contribution in [-0.4, -0.2) is 78.4 Å². The first-order valence-electron chi connectivity index (χ1n) is 12.1. The zero-order valence-electron chi connectivity index (χ0n) is 19.8. The highest BCUT2D eigenvalue weighted by Crippen LogP contribution is 2.25. The Morgan fingerprint density at radius 3 is 2.61 bits per heavy atom. The number of rotatable bonds is 9. The van der Waals surface area contributed by atoms with Crippen molar-refractivity contribution in [3.8, 4) is 0 Å². The Bertz CT molecular complexity index is 698. The van der Waals surface area contributed by atoms with Crippen molar-refractivity contribution in [3.05, 3.63) is 23.7 Å². The van der Waals surface area contributed by atoms with Gasteiger partial charge in [0.15, 0.2) is 5.78 Å². The van der Waals surface area contributed by atoms with Gasteiger partial charge >= 0.3 is 0 Å². The van der Waals surface area contributed by atoms with Crippen LogP contribution in [0.3, 0.4) is 0 Å². The summed E-state index contributed by atoms with van der Waals surface area (Å²) in [5, 5.41) is 6.13. The quantitative estimate of drug-likeness (QED) is 0.584. The summed E-state index contributed by atoms with van der Waals surface area (Å²) in [4.78, 5) is 31.3. The van der Waals surface area contributed by atoms with Crippen molar-refractivity contribution >= 4 is 11.7 Å². The van der Waals surface area contributed by atoms with E-state index in [4.69, 9.17) is 0 Å². The predicted molar refractivity (Wildman–Crippen MR) is 124 cm³/mol. The van der Waals surface area contributed by atoms with Crippen LogP contribution in [0.4, 0.5) is 0 Å². The van der Waals surface area contributed by atoms with Gasteiger partial charge in [-0.25, -0.2) is 0 Å². The van der Waals surface area contributed by atoms with Gasteiger partial charge in [0.05, 0.1) is 19.3 Å². The first kappa shape index (κ1) is 23.6. The number of hydrogen-bond donors (Lipinski definition) is 2. The number of ketones is 1. The maximum absolute atomic E-state index is 12.3. The molecular formula is C24H41N5O2. The average molecular weight is 432 g/mol. The van der Waals surface area contributed by atoms with E-state index in [0.29, 0.717) is 12.8 Å². The Balaban J connectivity index is 1.61. The zero-order valence-corrected chi connectivity index (χ0v) is 19.8. The van der Waals surface area contributed by atoms with Crippen LogP contribution in [-0.2, 0) is 9.59 Å². The Morgan fingerprint density at radius 1 is 1.16 bits per heavy atom. The number of Topliss-reactive ketones (excluding diaryl/α,β-unsaturated/α-hetero) is 1. The molecule has 0 aliphatic carbocycles. The van der Waals surface area contributed by atoms with Gasteiger partial charge in [-0.1, -0.05) is 26.7 Å². The van der Waals surface area contributed by atoms with Crippen molar-refractivity contribution in [2.75, 3.05) is 39.9 Å². The first-order chi connectivity index (χ1) is 14.9. The third-order valence-electron chi connectivity index (χ3n) is 6.92. The molecule has 2 saturated heterocycles. The van der Waals surface area contributed by atoms with Crippen LogP contribution < -0.4 is 10.6 Å². The number of hydrogen-bond acceptors (Lipinski definition) is 6. The molecule has 2 atom stereocenters. The molecule has 3 rings (SSSR count). The normalized spacial score (nSPS) is 25.5. The second-order valence-electron chi connectivity index (χ2n) is 9.35. The fourth-order valence-corrected chi connectivity index (χ4v) is 4.99. The Kier molecular flexibility index (Phi) is 8.41. The van der Waals surface area contributed by atoms with Crippen molar-refractivity contribution in [2.24, 2.45) is 5.92 Å². The number of carbonyl (C=O) groups is 2. The molecule has 7 heteroatoms. The smallest absolute Gasteiger partial charge is 0.242 e. The van der Waals surface area contributed by atoms with Crippen LogP contribution in [0.15, 0.2) is 23.7 Å². The highest BCUT2D eigenvalue weighted by Gasteiger charge is 2.31. The van der Waals surface area contributed by atoms with E-state index in [1.807, 2.05) is 0 Å². The summed E-state index contributed by atoms with van der Waals surface area (Å²) in [5.41, 5.74) is 1.03. The van der Waals surface area contributed by atoms with Gasteiger partial charge in [0.25, 0.3) is 0 Å². The second-order valence-corrected chi connectivity index (χ2v) is 9.35. The van der Waals surface area contributed by atoms with Crippen LogP contribution >= 0.6 is 0 Å². The molecule has 3 heterocycles. The van der Waals surface area contributed by atoms with E-state index in [0.717, 1.165) is 31.4 Å². The predicted octanol–water partition coefficient (Wildman–Crippen LogP) is 2.27. The monoisotopic (exact) mass is 431 g/mol. The van der Waals surface area contributed by atoms with Crippen LogP contribution in [0.1, 0.15) is 59.3 Å². The molecule has 1 amide bonds. The Morgan fingerprint density at radius 2 is 1.90 bits per heavy atom. The summed E-state index contributed by atoms with van der Waals surface area (Å²) in [6.45, 7) is 11.2. The summed E-state index contributed by atoms with van der Waals surface area (Å²) < 4.78 is 0. The van der Waals surface area contributed by atoms with Crippen molar-refractivity contribution < 1.29 is 9.59 Å². The fourth-order valence-electron chi connectivity index (χ4n) is 4.99. The molecule has 3 aliphatic heterocycles. The van der Waals surface area contributed by atoms with Crippen LogP contribution in [0.5, 0.6) is 0 Å². The molecule has 2 unspecified atom stereocenters. The molecule has 174 valence electrons. The minimum absolute atomic E-state index is 0.0831. The second kappa shape index (κ2) is 11.0.